The molecule has 1 aliphatic heterocycles. The summed E-state index contributed by atoms with van der Waals surface area (Å²) >= 11 is 0. The van der Waals surface area contributed by atoms with Crippen molar-refractivity contribution in [2.75, 3.05) is 46.0 Å². The van der Waals surface area contributed by atoms with E-state index in [9.17, 15) is 24.3 Å². The first-order valence-electron chi connectivity index (χ1n) is 23.8. The number of hydrogen-bond acceptors (Lipinski definition) is 7. The molecule has 2 N–H and O–H groups in total. The van der Waals surface area contributed by atoms with Crippen molar-refractivity contribution in [3.8, 4) is 5.75 Å². The van der Waals surface area contributed by atoms with E-state index in [0.29, 0.717) is 79.1 Å². The lowest BCUT2D eigenvalue weighted by atomic mass is 9.35. The highest BCUT2D eigenvalue weighted by atomic mass is 16.5. The van der Waals surface area contributed by atoms with Crippen molar-refractivity contribution in [3.63, 3.8) is 0 Å². The average molecular weight is 827 g/mol. The Kier molecular flexibility index (Phi) is 12.1. The Labute approximate surface area is 359 Å². The van der Waals surface area contributed by atoms with E-state index in [1.165, 1.54) is 24.8 Å². The van der Waals surface area contributed by atoms with Crippen molar-refractivity contribution < 1.29 is 33.8 Å². The number of Topliss-reactive ketones (excluding diaryl/α,β-unsaturated/α-hetero) is 2. The number of allylic oxidation sites excluding steroid dienone is 2. The highest BCUT2D eigenvalue weighted by molar-refractivity contribution is 6.00. The van der Waals surface area contributed by atoms with Crippen molar-refractivity contribution >= 4 is 23.4 Å². The van der Waals surface area contributed by atoms with E-state index < -0.39 is 5.97 Å². The zero-order valence-electron chi connectivity index (χ0n) is 37.8. The first kappa shape index (κ1) is 43.6. The summed E-state index contributed by atoms with van der Waals surface area (Å²) in [6.07, 6.45) is 11.5. The van der Waals surface area contributed by atoms with Gasteiger partial charge in [0.05, 0.1) is 19.1 Å². The number of carbonyl (C=O) groups is 4. The lowest BCUT2D eigenvalue weighted by molar-refractivity contribution is -0.193. The van der Waals surface area contributed by atoms with Gasteiger partial charge in [-0.25, -0.2) is 0 Å². The Morgan fingerprint density at radius 1 is 0.917 bits per heavy atom. The maximum absolute atomic E-state index is 14.1. The third-order valence-electron chi connectivity index (χ3n) is 18.7. The molecule has 1 aromatic carbocycles. The van der Waals surface area contributed by atoms with E-state index >= 15 is 0 Å². The molecule has 11 unspecified atom stereocenters. The monoisotopic (exact) mass is 827 g/mol. The number of fused-ring (bicyclic) bond motifs is 7. The fraction of sp³-hybridized carbons (Fsp3) is 0.765. The molecule has 1 amide bonds. The highest BCUT2D eigenvalue weighted by Gasteiger charge is 2.66. The molecule has 0 spiro atoms. The van der Waals surface area contributed by atoms with Crippen LogP contribution in [0.25, 0.3) is 0 Å². The second kappa shape index (κ2) is 16.6. The second-order valence-electron chi connectivity index (χ2n) is 22.1. The van der Waals surface area contributed by atoms with Crippen LogP contribution in [0.4, 0.5) is 0 Å². The van der Waals surface area contributed by atoms with Crippen molar-refractivity contribution in [1.29, 1.82) is 0 Å². The number of rotatable bonds is 13. The summed E-state index contributed by atoms with van der Waals surface area (Å²) in [5, 5.41) is 12.8. The van der Waals surface area contributed by atoms with Crippen LogP contribution in [0, 0.1) is 74.9 Å². The lowest BCUT2D eigenvalue weighted by Gasteiger charge is -2.69. The van der Waals surface area contributed by atoms with Crippen LogP contribution in [0.1, 0.15) is 136 Å². The fourth-order valence-corrected chi connectivity index (χ4v) is 15.5. The summed E-state index contributed by atoms with van der Waals surface area (Å²) in [5.74, 6) is 2.66. The number of ether oxygens (including phenoxy) is 2. The van der Waals surface area contributed by atoms with Gasteiger partial charge in [0.25, 0.3) is 5.91 Å². The molecule has 7 aliphatic rings. The van der Waals surface area contributed by atoms with Crippen LogP contribution in [-0.2, 0) is 19.1 Å². The first-order valence-corrected chi connectivity index (χ1v) is 23.8. The standard InChI is InChI=1S/C51H74N2O7/c1-31(2)44-41(55)30-51(20-21-52-46(56)33-8-10-35(11-9-33)60-27-24-53-22-25-59-26-23-53)19-15-39-36(45(44)51)12-13-43-49(39,6)18-16-42-48(4,5)34(14-17-50(42,43)7)28-40(54)37-29-38(32(37)3)47(57)58/h8-11,31-32,34,36-39,42-43H,12-30H2,1-7H3,(H,52,56)(H,57,58). The van der Waals surface area contributed by atoms with Crippen molar-refractivity contribution in [1.82, 2.24) is 10.2 Å². The lowest BCUT2D eigenvalue weighted by Crippen LogP contribution is -2.62. The predicted molar refractivity (Wildman–Crippen MR) is 232 cm³/mol. The number of amides is 1. The molecule has 330 valence electrons. The van der Waals surface area contributed by atoms with Crippen molar-refractivity contribution in [3.05, 3.63) is 41.0 Å². The van der Waals surface area contributed by atoms with Gasteiger partial charge < -0.3 is 19.9 Å². The summed E-state index contributed by atoms with van der Waals surface area (Å²) < 4.78 is 11.4. The van der Waals surface area contributed by atoms with Crippen molar-refractivity contribution in [2.24, 2.45) is 74.9 Å². The van der Waals surface area contributed by atoms with E-state index in [0.717, 1.165) is 82.7 Å². The molecule has 9 nitrogen and oxygen atoms in total. The van der Waals surface area contributed by atoms with Crippen molar-refractivity contribution in [2.45, 2.75) is 126 Å². The van der Waals surface area contributed by atoms with E-state index in [4.69, 9.17) is 9.47 Å². The molecular weight excluding hydrogens is 753 g/mol. The summed E-state index contributed by atoms with van der Waals surface area (Å²) in [7, 11) is 0. The molecule has 6 fully saturated rings. The van der Waals surface area contributed by atoms with Crippen LogP contribution in [0.2, 0.25) is 0 Å². The topological polar surface area (TPSA) is 122 Å². The molecule has 5 saturated carbocycles. The summed E-state index contributed by atoms with van der Waals surface area (Å²) in [5.41, 5.74) is 3.45. The third kappa shape index (κ3) is 7.51. The number of aliphatic carboxylic acids is 1. The largest absolute Gasteiger partial charge is 0.492 e. The zero-order chi connectivity index (χ0) is 42.8. The number of carboxylic acids is 1. The molecule has 0 radical (unpaired) electrons. The normalized spacial score (nSPS) is 38.6. The van der Waals surface area contributed by atoms with E-state index in [1.54, 1.807) is 0 Å². The number of nitrogens with one attached hydrogen (secondary N) is 1. The number of hydrogen-bond donors (Lipinski definition) is 2. The molecule has 0 bridgehead atoms. The average Bonchev–Trinajstić information content (AvgIpc) is 3.51. The SMILES string of the molecule is CC(C)C1=C2C3CCC4C(C)(CCC5C(C)(C)C(CC(=O)C6CC(C(=O)O)C6C)CCC54C)C3CCC2(CCNC(=O)c2ccc(OCCN3CCOCC3)cc2)CC1=O. The summed E-state index contributed by atoms with van der Waals surface area (Å²) in [6.45, 7) is 21.9. The first-order chi connectivity index (χ1) is 28.5. The number of nitrogens with zero attached hydrogens (tertiary/aromatic N) is 1. The molecule has 1 saturated heterocycles. The van der Waals surface area contributed by atoms with E-state index in [1.807, 2.05) is 31.2 Å². The molecule has 11 atom stereocenters. The molecule has 6 aliphatic carbocycles. The van der Waals surface area contributed by atoms with Crippen LogP contribution in [0.3, 0.4) is 0 Å². The number of carboxylic acid groups (broad SMARTS) is 1. The Hall–Kier alpha value is -3.04. The second-order valence-corrected chi connectivity index (χ2v) is 22.1. The fourth-order valence-electron chi connectivity index (χ4n) is 15.5. The molecule has 1 aromatic rings. The Morgan fingerprint density at radius 2 is 1.63 bits per heavy atom. The number of carbonyl (C=O) groups excluding carboxylic acids is 3. The minimum atomic E-state index is -0.760. The van der Waals surface area contributed by atoms with Gasteiger partial charge in [-0.1, -0.05) is 54.0 Å². The van der Waals surface area contributed by atoms with Gasteiger partial charge in [0.1, 0.15) is 18.1 Å². The summed E-state index contributed by atoms with van der Waals surface area (Å²) in [4.78, 5) is 55.1. The minimum Gasteiger partial charge on any atom is -0.492 e. The van der Waals surface area contributed by atoms with E-state index in [-0.39, 0.29) is 51.2 Å². The van der Waals surface area contributed by atoms with Crippen LogP contribution in [-0.4, -0.2) is 79.4 Å². The Morgan fingerprint density at radius 3 is 2.32 bits per heavy atom. The van der Waals surface area contributed by atoms with E-state index in [2.05, 4.69) is 51.8 Å². The van der Waals surface area contributed by atoms with Gasteiger partial charge in [-0.15, -0.1) is 0 Å². The molecule has 0 aromatic heterocycles. The molecule has 8 rings (SSSR count). The third-order valence-corrected chi connectivity index (χ3v) is 18.7. The molecular formula is C51H74N2O7. The van der Waals surface area contributed by atoms with Crippen LogP contribution in [0.15, 0.2) is 35.4 Å². The maximum Gasteiger partial charge on any atom is 0.306 e. The Balaban J connectivity index is 0.923. The molecule has 1 heterocycles. The van der Waals surface area contributed by atoms with Gasteiger partial charge >= 0.3 is 5.97 Å². The van der Waals surface area contributed by atoms with Gasteiger partial charge in [0.15, 0.2) is 5.78 Å². The van der Waals surface area contributed by atoms with Crippen LogP contribution < -0.4 is 10.1 Å². The molecule has 60 heavy (non-hydrogen) atoms. The van der Waals surface area contributed by atoms with Gasteiger partial charge in [0.2, 0.25) is 0 Å². The smallest absolute Gasteiger partial charge is 0.306 e. The highest BCUT2D eigenvalue weighted by Crippen LogP contribution is 2.74. The zero-order valence-corrected chi connectivity index (χ0v) is 37.8. The predicted octanol–water partition coefficient (Wildman–Crippen LogP) is 9.04. The van der Waals surface area contributed by atoms with Crippen LogP contribution >= 0.6 is 0 Å². The van der Waals surface area contributed by atoms with Gasteiger partial charge in [-0.3, -0.25) is 24.1 Å². The van der Waals surface area contributed by atoms with Gasteiger partial charge in [0, 0.05) is 55.9 Å². The van der Waals surface area contributed by atoms with Gasteiger partial charge in [-0.05, 0) is 152 Å². The summed E-state index contributed by atoms with van der Waals surface area (Å²) in [6, 6.07) is 7.46. The quantitative estimate of drug-likeness (QED) is 0.202. The molecule has 9 heteroatoms. The Bertz CT molecular complexity index is 1850. The van der Waals surface area contributed by atoms with Crippen LogP contribution in [0.5, 0.6) is 5.75 Å². The number of ketones is 2. The maximum atomic E-state index is 14.1. The minimum absolute atomic E-state index is 0.0380. The van der Waals surface area contributed by atoms with Gasteiger partial charge in [-0.2, -0.15) is 0 Å². The number of morpholine rings is 1. The number of benzene rings is 1.